The zero-order valence-corrected chi connectivity index (χ0v) is 17.5. The van der Waals surface area contributed by atoms with Gasteiger partial charge in [-0.3, -0.25) is 0 Å². The summed E-state index contributed by atoms with van der Waals surface area (Å²) in [5.41, 5.74) is 4.13. The molecule has 5 rings (SSSR count). The Hall–Kier alpha value is -3.18. The van der Waals surface area contributed by atoms with Gasteiger partial charge in [-0.2, -0.15) is 5.10 Å². The molecular formula is C24H21ClN2O3. The number of fused-ring (bicyclic) bond motifs is 3. The molecule has 0 bridgehead atoms. The molecule has 152 valence electrons. The third-order valence-electron chi connectivity index (χ3n) is 5.55. The van der Waals surface area contributed by atoms with Crippen LogP contribution in [0.1, 0.15) is 35.4 Å². The number of halogens is 1. The van der Waals surface area contributed by atoms with Crippen molar-refractivity contribution in [2.24, 2.45) is 5.10 Å². The van der Waals surface area contributed by atoms with E-state index in [-0.39, 0.29) is 12.3 Å². The van der Waals surface area contributed by atoms with Gasteiger partial charge in [0.05, 0.1) is 26.0 Å². The van der Waals surface area contributed by atoms with Crippen LogP contribution in [0.2, 0.25) is 5.02 Å². The van der Waals surface area contributed by atoms with Gasteiger partial charge in [0.2, 0.25) is 6.23 Å². The maximum absolute atomic E-state index is 6.41. The first kappa shape index (κ1) is 18.8. The average Bonchev–Trinajstić information content (AvgIpc) is 3.24. The minimum atomic E-state index is -0.385. The zero-order chi connectivity index (χ0) is 20.7. The normalized spacial score (nSPS) is 19.4. The minimum absolute atomic E-state index is 0.0424. The van der Waals surface area contributed by atoms with Crippen LogP contribution >= 0.6 is 11.6 Å². The van der Waals surface area contributed by atoms with Gasteiger partial charge in [0.25, 0.3) is 0 Å². The summed E-state index contributed by atoms with van der Waals surface area (Å²) in [5.74, 6) is 2.16. The molecule has 0 saturated heterocycles. The fourth-order valence-electron chi connectivity index (χ4n) is 4.09. The van der Waals surface area contributed by atoms with Gasteiger partial charge in [-0.1, -0.05) is 41.9 Å². The summed E-state index contributed by atoms with van der Waals surface area (Å²) >= 11 is 6.30. The van der Waals surface area contributed by atoms with Crippen molar-refractivity contribution in [3.8, 4) is 17.2 Å². The molecule has 0 aliphatic carbocycles. The first-order valence-corrected chi connectivity index (χ1v) is 10.1. The van der Waals surface area contributed by atoms with E-state index in [4.69, 9.17) is 30.9 Å². The zero-order valence-electron chi connectivity index (χ0n) is 16.7. The number of hydrogen-bond acceptors (Lipinski definition) is 5. The predicted molar refractivity (Wildman–Crippen MR) is 117 cm³/mol. The molecule has 2 atom stereocenters. The van der Waals surface area contributed by atoms with Crippen LogP contribution in [0.25, 0.3) is 0 Å². The average molecular weight is 421 g/mol. The van der Waals surface area contributed by atoms with Gasteiger partial charge in [-0.25, -0.2) is 5.01 Å². The molecule has 0 aromatic heterocycles. The Bertz CT molecular complexity index is 1120. The summed E-state index contributed by atoms with van der Waals surface area (Å²) in [6, 6.07) is 21.9. The Morgan fingerprint density at radius 3 is 2.53 bits per heavy atom. The molecule has 0 radical (unpaired) electrons. The highest BCUT2D eigenvalue weighted by atomic mass is 35.5. The first-order valence-electron chi connectivity index (χ1n) is 9.77. The molecule has 0 N–H and O–H groups in total. The van der Waals surface area contributed by atoms with Gasteiger partial charge in [-0.15, -0.1) is 0 Å². The lowest BCUT2D eigenvalue weighted by molar-refractivity contribution is -0.0191. The fraction of sp³-hybridized carbons (Fsp3) is 0.208. The quantitative estimate of drug-likeness (QED) is 0.551. The molecule has 2 aliphatic heterocycles. The second kappa shape index (κ2) is 7.58. The Morgan fingerprint density at radius 2 is 1.77 bits per heavy atom. The second-order valence-corrected chi connectivity index (χ2v) is 7.72. The highest BCUT2D eigenvalue weighted by Crippen LogP contribution is 2.48. The van der Waals surface area contributed by atoms with Crippen LogP contribution < -0.4 is 14.2 Å². The number of rotatable bonds is 4. The van der Waals surface area contributed by atoms with E-state index in [0.717, 1.165) is 34.6 Å². The number of benzene rings is 3. The van der Waals surface area contributed by atoms with Gasteiger partial charge in [0, 0.05) is 22.6 Å². The molecule has 3 aromatic rings. The van der Waals surface area contributed by atoms with E-state index in [0.29, 0.717) is 16.5 Å². The summed E-state index contributed by atoms with van der Waals surface area (Å²) in [4.78, 5) is 0. The largest absolute Gasteiger partial charge is 0.493 e. The van der Waals surface area contributed by atoms with Gasteiger partial charge >= 0.3 is 0 Å². The van der Waals surface area contributed by atoms with Crippen LogP contribution in [0, 0.1) is 0 Å². The SMILES string of the molecule is COc1ccc([C@H]2Oc3ccc(Cl)cc3[C@@H]3CC(c4ccccc4)=NN23)cc1OC. The molecule has 0 saturated carbocycles. The molecule has 0 fully saturated rings. The fourth-order valence-corrected chi connectivity index (χ4v) is 4.27. The number of hydrogen-bond donors (Lipinski definition) is 0. The number of hydrazone groups is 1. The topological polar surface area (TPSA) is 43.3 Å². The molecule has 5 nitrogen and oxygen atoms in total. The van der Waals surface area contributed by atoms with Crippen molar-refractivity contribution in [2.45, 2.75) is 18.7 Å². The van der Waals surface area contributed by atoms with Gasteiger partial charge in [-0.05, 0) is 42.0 Å². The summed E-state index contributed by atoms with van der Waals surface area (Å²) in [6.07, 6.45) is 0.398. The molecule has 0 unspecified atom stereocenters. The van der Waals surface area contributed by atoms with Crippen molar-refractivity contribution in [3.05, 3.63) is 88.4 Å². The molecule has 2 heterocycles. The third kappa shape index (κ3) is 3.15. The number of nitrogens with zero attached hydrogens (tertiary/aromatic N) is 2. The van der Waals surface area contributed by atoms with E-state index in [9.17, 15) is 0 Å². The Morgan fingerprint density at radius 1 is 0.967 bits per heavy atom. The maximum atomic E-state index is 6.41. The van der Waals surface area contributed by atoms with Crippen molar-refractivity contribution in [1.29, 1.82) is 0 Å². The molecule has 0 amide bonds. The highest BCUT2D eigenvalue weighted by Gasteiger charge is 2.41. The molecule has 30 heavy (non-hydrogen) atoms. The van der Waals surface area contributed by atoms with Crippen LogP contribution in [-0.2, 0) is 0 Å². The van der Waals surface area contributed by atoms with Crippen molar-refractivity contribution >= 4 is 17.3 Å². The van der Waals surface area contributed by atoms with E-state index in [2.05, 4.69) is 12.1 Å². The van der Waals surface area contributed by atoms with Crippen molar-refractivity contribution in [2.75, 3.05) is 14.2 Å². The van der Waals surface area contributed by atoms with Crippen molar-refractivity contribution in [1.82, 2.24) is 5.01 Å². The van der Waals surface area contributed by atoms with E-state index >= 15 is 0 Å². The molecule has 6 heteroatoms. The van der Waals surface area contributed by atoms with Crippen molar-refractivity contribution < 1.29 is 14.2 Å². The summed E-state index contributed by atoms with van der Waals surface area (Å²) in [6.45, 7) is 0. The molecular weight excluding hydrogens is 400 g/mol. The van der Waals surface area contributed by atoms with Crippen LogP contribution in [0.4, 0.5) is 0 Å². The van der Waals surface area contributed by atoms with Gasteiger partial charge in [0.15, 0.2) is 11.5 Å². The maximum Gasteiger partial charge on any atom is 0.214 e. The lowest BCUT2D eigenvalue weighted by Gasteiger charge is -2.38. The molecule has 2 aliphatic rings. The monoisotopic (exact) mass is 420 g/mol. The van der Waals surface area contributed by atoms with Crippen molar-refractivity contribution in [3.63, 3.8) is 0 Å². The Kier molecular flexibility index (Phi) is 4.75. The number of ether oxygens (including phenoxy) is 3. The van der Waals surface area contributed by atoms with Crippen LogP contribution in [0.3, 0.4) is 0 Å². The van der Waals surface area contributed by atoms with Crippen LogP contribution in [0.5, 0.6) is 17.2 Å². The number of methoxy groups -OCH3 is 2. The lowest BCUT2D eigenvalue weighted by Crippen LogP contribution is -2.33. The van der Waals surface area contributed by atoms with Crippen LogP contribution in [-0.4, -0.2) is 24.9 Å². The summed E-state index contributed by atoms with van der Waals surface area (Å²) < 4.78 is 17.3. The third-order valence-corrected chi connectivity index (χ3v) is 5.79. The van der Waals surface area contributed by atoms with Crippen LogP contribution in [0.15, 0.2) is 71.8 Å². The van der Waals surface area contributed by atoms with E-state index < -0.39 is 0 Å². The minimum Gasteiger partial charge on any atom is -0.493 e. The van der Waals surface area contributed by atoms with E-state index in [1.165, 1.54) is 0 Å². The Labute approximate surface area is 180 Å². The first-order chi connectivity index (χ1) is 14.7. The Balaban J connectivity index is 1.60. The smallest absolute Gasteiger partial charge is 0.214 e. The summed E-state index contributed by atoms with van der Waals surface area (Å²) in [5, 5.41) is 7.69. The van der Waals surface area contributed by atoms with Gasteiger partial charge < -0.3 is 14.2 Å². The second-order valence-electron chi connectivity index (χ2n) is 7.28. The van der Waals surface area contributed by atoms with E-state index in [1.54, 1.807) is 14.2 Å². The standard InChI is InChI=1S/C24H21ClN2O3/c1-28-22-10-8-16(12-23(22)29-2)24-27-20(18-13-17(25)9-11-21(18)30-24)14-19(26-27)15-6-4-3-5-7-15/h3-13,20,24H,14H2,1-2H3/t20-,24+/m0/s1. The van der Waals surface area contributed by atoms with Gasteiger partial charge in [0.1, 0.15) is 5.75 Å². The molecule has 3 aromatic carbocycles. The lowest BCUT2D eigenvalue weighted by atomic mass is 9.96. The van der Waals surface area contributed by atoms with E-state index in [1.807, 2.05) is 59.6 Å². The predicted octanol–water partition coefficient (Wildman–Crippen LogP) is 5.60. The highest BCUT2D eigenvalue weighted by molar-refractivity contribution is 6.30. The summed E-state index contributed by atoms with van der Waals surface area (Å²) in [7, 11) is 3.26. The molecule has 0 spiro atoms.